The first-order valence-electron chi connectivity index (χ1n) is 8.45. The molecule has 22 heavy (non-hydrogen) atoms. The Morgan fingerprint density at radius 2 is 2.14 bits per heavy atom. The molecule has 2 aromatic rings. The molecule has 118 valence electrons. The number of likely N-dealkylation sites (tertiary alicyclic amines) is 1. The summed E-state index contributed by atoms with van der Waals surface area (Å²) in [5.41, 5.74) is 3.37. The number of pyridine rings is 1. The summed E-state index contributed by atoms with van der Waals surface area (Å²) in [4.78, 5) is 7.54. The minimum Gasteiger partial charge on any atom is -0.292 e. The van der Waals surface area contributed by atoms with E-state index in [1.54, 1.807) is 0 Å². The van der Waals surface area contributed by atoms with Gasteiger partial charge in [0.15, 0.2) is 0 Å². The van der Waals surface area contributed by atoms with E-state index in [-0.39, 0.29) is 0 Å². The first-order chi connectivity index (χ1) is 10.7. The van der Waals surface area contributed by atoms with Gasteiger partial charge in [0, 0.05) is 18.8 Å². The van der Waals surface area contributed by atoms with Gasteiger partial charge in [0.05, 0.1) is 23.1 Å². The van der Waals surface area contributed by atoms with Gasteiger partial charge in [-0.2, -0.15) is 5.10 Å². The van der Waals surface area contributed by atoms with Gasteiger partial charge < -0.3 is 0 Å². The van der Waals surface area contributed by atoms with Crippen molar-refractivity contribution in [2.24, 2.45) is 0 Å². The zero-order chi connectivity index (χ0) is 15.5. The number of nitrogens with zero attached hydrogens (tertiary/aromatic N) is 4. The quantitative estimate of drug-likeness (QED) is 0.839. The molecule has 3 heterocycles. The van der Waals surface area contributed by atoms with Crippen molar-refractivity contribution in [1.29, 1.82) is 0 Å². The molecule has 1 aliphatic heterocycles. The van der Waals surface area contributed by atoms with Crippen LogP contribution in [0.1, 0.15) is 51.8 Å². The number of hydrogen-bond acceptors (Lipinski definition) is 3. The Labute approximate surface area is 133 Å². The molecule has 0 radical (unpaired) electrons. The molecule has 2 aromatic heterocycles. The summed E-state index contributed by atoms with van der Waals surface area (Å²) in [6.45, 7) is 8.85. The van der Waals surface area contributed by atoms with Crippen molar-refractivity contribution >= 4 is 0 Å². The maximum Gasteiger partial charge on any atom is 0.0887 e. The Morgan fingerprint density at radius 1 is 1.27 bits per heavy atom. The molecule has 1 fully saturated rings. The lowest BCUT2D eigenvalue weighted by molar-refractivity contribution is 0.202. The molecule has 3 rings (SSSR count). The zero-order valence-corrected chi connectivity index (χ0v) is 13.9. The highest BCUT2D eigenvalue weighted by molar-refractivity contribution is 5.54. The van der Waals surface area contributed by atoms with Crippen molar-refractivity contribution in [3.8, 4) is 11.4 Å². The van der Waals surface area contributed by atoms with E-state index in [0.717, 1.165) is 24.4 Å². The van der Waals surface area contributed by atoms with Crippen LogP contribution in [0.2, 0.25) is 0 Å². The van der Waals surface area contributed by atoms with Crippen LogP contribution < -0.4 is 0 Å². The molecule has 0 N–H and O–H groups in total. The highest BCUT2D eigenvalue weighted by atomic mass is 15.3. The zero-order valence-electron chi connectivity index (χ0n) is 13.9. The second kappa shape index (κ2) is 6.61. The normalized spacial score (nSPS) is 19.2. The Balaban J connectivity index is 1.91. The minimum absolute atomic E-state index is 0.461. The van der Waals surface area contributed by atoms with Crippen LogP contribution in [0, 0.1) is 0 Å². The van der Waals surface area contributed by atoms with Gasteiger partial charge in [-0.1, -0.05) is 13.0 Å². The summed E-state index contributed by atoms with van der Waals surface area (Å²) < 4.78 is 2.06. The Morgan fingerprint density at radius 3 is 2.91 bits per heavy atom. The Kier molecular flexibility index (Phi) is 4.57. The lowest BCUT2D eigenvalue weighted by Gasteiger charge is -2.28. The molecule has 0 aliphatic carbocycles. The summed E-state index contributed by atoms with van der Waals surface area (Å²) in [5, 5.41) is 4.42. The molecule has 4 heteroatoms. The minimum atomic E-state index is 0.461. The van der Waals surface area contributed by atoms with E-state index in [9.17, 15) is 0 Å². The average Bonchev–Trinajstić information content (AvgIpc) is 3.16. The van der Waals surface area contributed by atoms with Gasteiger partial charge in [-0.15, -0.1) is 0 Å². The molecule has 0 bridgehead atoms. The van der Waals surface area contributed by atoms with Crippen LogP contribution >= 0.6 is 0 Å². The smallest absolute Gasteiger partial charge is 0.0887 e. The lowest BCUT2D eigenvalue weighted by atomic mass is 10.1. The van der Waals surface area contributed by atoms with Crippen LogP contribution in [-0.4, -0.2) is 32.3 Å². The third-order valence-corrected chi connectivity index (χ3v) is 4.48. The van der Waals surface area contributed by atoms with Crippen molar-refractivity contribution in [3.63, 3.8) is 0 Å². The third kappa shape index (κ3) is 2.93. The van der Waals surface area contributed by atoms with E-state index in [2.05, 4.69) is 59.7 Å². The molecule has 1 saturated heterocycles. The van der Waals surface area contributed by atoms with Gasteiger partial charge in [-0.3, -0.25) is 9.58 Å². The van der Waals surface area contributed by atoms with Crippen molar-refractivity contribution in [2.45, 2.75) is 58.7 Å². The highest BCUT2D eigenvalue weighted by Crippen LogP contribution is 2.33. The van der Waals surface area contributed by atoms with E-state index < -0.39 is 0 Å². The van der Waals surface area contributed by atoms with Crippen molar-refractivity contribution in [2.75, 3.05) is 6.54 Å². The molecular formula is C18H26N4. The van der Waals surface area contributed by atoms with Gasteiger partial charge in [0.1, 0.15) is 0 Å². The SMILES string of the molecule is CCCn1nccc1-c1cccc([C@@H]2CCCN2C(C)C)n1. The average molecular weight is 298 g/mol. The molecule has 0 unspecified atom stereocenters. The topological polar surface area (TPSA) is 34.0 Å². The number of aryl methyl sites for hydroxylation is 1. The van der Waals surface area contributed by atoms with Gasteiger partial charge in [-0.25, -0.2) is 4.98 Å². The highest BCUT2D eigenvalue weighted by Gasteiger charge is 2.29. The summed E-state index contributed by atoms with van der Waals surface area (Å²) in [5.74, 6) is 0. The van der Waals surface area contributed by atoms with E-state index >= 15 is 0 Å². The summed E-state index contributed by atoms with van der Waals surface area (Å²) in [7, 11) is 0. The summed E-state index contributed by atoms with van der Waals surface area (Å²) in [6, 6.07) is 9.51. The fourth-order valence-electron chi connectivity index (χ4n) is 3.44. The van der Waals surface area contributed by atoms with E-state index in [4.69, 9.17) is 4.98 Å². The molecule has 1 atom stereocenters. The van der Waals surface area contributed by atoms with Gasteiger partial charge in [0.2, 0.25) is 0 Å². The second-order valence-electron chi connectivity index (χ2n) is 6.38. The van der Waals surface area contributed by atoms with E-state index in [1.165, 1.54) is 25.1 Å². The van der Waals surface area contributed by atoms with Crippen LogP contribution in [0.15, 0.2) is 30.5 Å². The largest absolute Gasteiger partial charge is 0.292 e. The fourth-order valence-corrected chi connectivity index (χ4v) is 3.44. The van der Waals surface area contributed by atoms with Crippen molar-refractivity contribution in [1.82, 2.24) is 19.7 Å². The first kappa shape index (κ1) is 15.2. The van der Waals surface area contributed by atoms with Gasteiger partial charge in [-0.05, 0) is 57.9 Å². The Hall–Kier alpha value is -1.68. The molecule has 0 amide bonds. The fraction of sp³-hybridized carbons (Fsp3) is 0.556. The van der Waals surface area contributed by atoms with Crippen LogP contribution in [0.4, 0.5) is 0 Å². The Bertz CT molecular complexity index is 617. The van der Waals surface area contributed by atoms with E-state index in [1.807, 2.05) is 6.20 Å². The molecule has 1 aliphatic rings. The molecule has 0 spiro atoms. The van der Waals surface area contributed by atoms with Gasteiger partial charge in [0.25, 0.3) is 0 Å². The second-order valence-corrected chi connectivity index (χ2v) is 6.38. The maximum atomic E-state index is 4.97. The maximum absolute atomic E-state index is 4.97. The van der Waals surface area contributed by atoms with E-state index in [0.29, 0.717) is 12.1 Å². The van der Waals surface area contributed by atoms with Crippen molar-refractivity contribution in [3.05, 3.63) is 36.2 Å². The van der Waals surface area contributed by atoms with Gasteiger partial charge >= 0.3 is 0 Å². The molecule has 0 saturated carbocycles. The molecule has 0 aromatic carbocycles. The van der Waals surface area contributed by atoms with Crippen LogP contribution in [-0.2, 0) is 6.54 Å². The first-order valence-corrected chi connectivity index (χ1v) is 8.45. The van der Waals surface area contributed by atoms with Crippen LogP contribution in [0.5, 0.6) is 0 Å². The predicted octanol–water partition coefficient (Wildman–Crippen LogP) is 3.90. The molecular weight excluding hydrogens is 272 g/mol. The third-order valence-electron chi connectivity index (χ3n) is 4.48. The number of rotatable bonds is 5. The standard InChI is InChI=1S/C18H26N4/c1-4-12-22-18(10-11-19-22)16-8-5-7-15(20-16)17-9-6-13-21(17)14(2)3/h5,7-8,10-11,14,17H,4,6,9,12-13H2,1-3H3/t17-/m0/s1. The number of aromatic nitrogens is 3. The monoisotopic (exact) mass is 298 g/mol. The summed E-state index contributed by atoms with van der Waals surface area (Å²) >= 11 is 0. The van der Waals surface area contributed by atoms with Crippen LogP contribution in [0.25, 0.3) is 11.4 Å². The molecule has 4 nitrogen and oxygen atoms in total. The summed E-state index contributed by atoms with van der Waals surface area (Å²) in [6.07, 6.45) is 5.43. The number of hydrogen-bond donors (Lipinski definition) is 0. The lowest BCUT2D eigenvalue weighted by Crippen LogP contribution is -2.30. The van der Waals surface area contributed by atoms with Crippen molar-refractivity contribution < 1.29 is 0 Å². The predicted molar refractivity (Wildman–Crippen MR) is 89.6 cm³/mol. The van der Waals surface area contributed by atoms with Crippen LogP contribution in [0.3, 0.4) is 0 Å².